The topological polar surface area (TPSA) is 52.6 Å². The number of likely N-dealkylation sites (tertiary alicyclic amines) is 1. The highest BCUT2D eigenvalue weighted by Gasteiger charge is 2.33. The zero-order chi connectivity index (χ0) is 12.4. The van der Waals surface area contributed by atoms with Crippen LogP contribution in [0.25, 0.3) is 0 Å². The third kappa shape index (κ3) is 2.26. The van der Waals surface area contributed by atoms with Crippen molar-refractivity contribution >= 4 is 5.97 Å². The minimum atomic E-state index is -0.975. The van der Waals surface area contributed by atoms with Crippen LogP contribution in [0.2, 0.25) is 0 Å². The summed E-state index contributed by atoms with van der Waals surface area (Å²) in [6.45, 7) is 2.82. The van der Waals surface area contributed by atoms with Crippen molar-refractivity contribution in [2.75, 3.05) is 13.7 Å². The van der Waals surface area contributed by atoms with E-state index >= 15 is 0 Å². The molecule has 2 unspecified atom stereocenters. The summed E-state index contributed by atoms with van der Waals surface area (Å²) in [4.78, 5) is 12.8. The van der Waals surface area contributed by atoms with Crippen LogP contribution in [0.15, 0.2) is 24.3 Å². The first-order chi connectivity index (χ1) is 8.13. The number of carboxylic acid groups (broad SMARTS) is 1. The standard InChI is InChI=1S/C13H17NO3/c1-9(14-8-7-12(14)13(15)16)10-3-5-11(17-2)6-4-10/h3-6,9,12H,7-8H2,1-2H3,(H,15,16)/p-1. The van der Waals surface area contributed by atoms with Gasteiger partial charge in [-0.15, -0.1) is 0 Å². The molecular formula is C13H16NO3-. The van der Waals surface area contributed by atoms with Crippen molar-refractivity contribution in [3.63, 3.8) is 0 Å². The molecule has 1 heterocycles. The van der Waals surface area contributed by atoms with E-state index in [2.05, 4.69) is 0 Å². The Bertz CT molecular complexity index is 402. The highest BCUT2D eigenvalue weighted by Crippen LogP contribution is 2.30. The number of carboxylic acids is 1. The molecule has 1 fully saturated rings. The highest BCUT2D eigenvalue weighted by molar-refractivity contribution is 5.72. The lowest BCUT2D eigenvalue weighted by Crippen LogP contribution is -2.57. The molecule has 4 nitrogen and oxygen atoms in total. The Balaban J connectivity index is 2.08. The molecule has 2 atom stereocenters. The largest absolute Gasteiger partial charge is 0.548 e. The molecule has 0 spiro atoms. The van der Waals surface area contributed by atoms with Gasteiger partial charge in [-0.25, -0.2) is 0 Å². The maximum Gasteiger partial charge on any atom is 0.118 e. The van der Waals surface area contributed by atoms with E-state index in [9.17, 15) is 9.90 Å². The van der Waals surface area contributed by atoms with Gasteiger partial charge in [0.15, 0.2) is 0 Å². The van der Waals surface area contributed by atoms with Gasteiger partial charge in [0.25, 0.3) is 0 Å². The molecule has 1 aromatic carbocycles. The zero-order valence-electron chi connectivity index (χ0n) is 10.1. The average Bonchev–Trinajstić information content (AvgIpc) is 2.27. The predicted octanol–water partition coefficient (Wildman–Crippen LogP) is 0.580. The Hall–Kier alpha value is -1.55. The molecular weight excluding hydrogens is 218 g/mol. The Morgan fingerprint density at radius 2 is 2.12 bits per heavy atom. The molecule has 2 rings (SSSR count). The molecule has 0 saturated carbocycles. The Morgan fingerprint density at radius 3 is 2.53 bits per heavy atom. The number of methoxy groups -OCH3 is 1. The molecule has 0 aromatic heterocycles. The fourth-order valence-corrected chi connectivity index (χ4v) is 2.20. The van der Waals surface area contributed by atoms with Crippen LogP contribution >= 0.6 is 0 Å². The minimum absolute atomic E-state index is 0.0950. The number of aliphatic carboxylic acids is 1. The molecule has 0 bridgehead atoms. The lowest BCUT2D eigenvalue weighted by molar-refractivity contribution is -0.316. The fraction of sp³-hybridized carbons (Fsp3) is 0.462. The first-order valence-electron chi connectivity index (χ1n) is 5.74. The number of carbonyl (C=O) groups is 1. The maximum atomic E-state index is 10.9. The van der Waals surface area contributed by atoms with E-state index in [1.54, 1.807) is 7.11 Å². The molecule has 1 saturated heterocycles. The summed E-state index contributed by atoms with van der Waals surface area (Å²) in [6, 6.07) is 7.37. The van der Waals surface area contributed by atoms with Crippen LogP contribution in [-0.2, 0) is 4.79 Å². The summed E-state index contributed by atoms with van der Waals surface area (Å²) in [5.74, 6) is -0.169. The van der Waals surface area contributed by atoms with Gasteiger partial charge in [0.2, 0.25) is 0 Å². The SMILES string of the molecule is COc1ccc(C(C)N2CCC2C(=O)[O-])cc1. The van der Waals surface area contributed by atoms with Gasteiger partial charge in [0.1, 0.15) is 5.75 Å². The molecule has 0 N–H and O–H groups in total. The van der Waals surface area contributed by atoms with Gasteiger partial charge < -0.3 is 14.6 Å². The first kappa shape index (κ1) is 11.9. The van der Waals surface area contributed by atoms with Crippen molar-refractivity contribution in [2.24, 2.45) is 0 Å². The van der Waals surface area contributed by atoms with Crippen LogP contribution in [0, 0.1) is 0 Å². The molecule has 92 valence electrons. The van der Waals surface area contributed by atoms with Gasteiger partial charge in [-0.2, -0.15) is 0 Å². The van der Waals surface area contributed by atoms with Gasteiger partial charge >= 0.3 is 0 Å². The van der Waals surface area contributed by atoms with E-state index in [4.69, 9.17) is 4.74 Å². The number of hydrogen-bond donors (Lipinski definition) is 0. The number of rotatable bonds is 4. The monoisotopic (exact) mass is 234 g/mol. The zero-order valence-corrected chi connectivity index (χ0v) is 10.1. The van der Waals surface area contributed by atoms with Crippen LogP contribution < -0.4 is 9.84 Å². The van der Waals surface area contributed by atoms with E-state index in [1.165, 1.54) is 0 Å². The van der Waals surface area contributed by atoms with Crippen LogP contribution in [0.5, 0.6) is 5.75 Å². The summed E-state index contributed by atoms with van der Waals surface area (Å²) in [5, 5.41) is 10.9. The molecule has 1 aliphatic heterocycles. The van der Waals surface area contributed by atoms with E-state index < -0.39 is 12.0 Å². The predicted molar refractivity (Wildman–Crippen MR) is 61.5 cm³/mol. The van der Waals surface area contributed by atoms with Crippen LogP contribution in [-0.4, -0.2) is 30.6 Å². The van der Waals surface area contributed by atoms with Gasteiger partial charge in [0, 0.05) is 12.6 Å². The lowest BCUT2D eigenvalue weighted by atomic mass is 9.96. The average molecular weight is 234 g/mol. The molecule has 1 aliphatic rings. The van der Waals surface area contributed by atoms with Gasteiger partial charge in [-0.05, 0) is 31.0 Å². The van der Waals surface area contributed by atoms with Crippen molar-refractivity contribution in [3.05, 3.63) is 29.8 Å². The Morgan fingerprint density at radius 1 is 1.47 bits per heavy atom. The fourth-order valence-electron chi connectivity index (χ4n) is 2.20. The Kier molecular flexibility index (Phi) is 3.33. The van der Waals surface area contributed by atoms with E-state index in [0.29, 0.717) is 6.42 Å². The van der Waals surface area contributed by atoms with Crippen LogP contribution in [0.4, 0.5) is 0 Å². The van der Waals surface area contributed by atoms with E-state index in [1.807, 2.05) is 36.1 Å². The molecule has 0 aliphatic carbocycles. The van der Waals surface area contributed by atoms with Gasteiger partial charge in [0.05, 0.1) is 19.1 Å². The minimum Gasteiger partial charge on any atom is -0.548 e. The van der Waals surface area contributed by atoms with Crippen molar-refractivity contribution in [3.8, 4) is 5.75 Å². The molecule has 0 radical (unpaired) electrons. The summed E-state index contributed by atoms with van der Waals surface area (Å²) < 4.78 is 5.09. The summed E-state index contributed by atoms with van der Waals surface area (Å²) >= 11 is 0. The van der Waals surface area contributed by atoms with E-state index in [0.717, 1.165) is 17.9 Å². The molecule has 4 heteroatoms. The maximum absolute atomic E-state index is 10.9. The normalized spacial score (nSPS) is 21.6. The molecule has 17 heavy (non-hydrogen) atoms. The summed E-state index contributed by atoms with van der Waals surface area (Å²) in [5.41, 5.74) is 1.09. The lowest BCUT2D eigenvalue weighted by Gasteiger charge is -2.45. The first-order valence-corrected chi connectivity index (χ1v) is 5.74. The second kappa shape index (κ2) is 4.75. The van der Waals surface area contributed by atoms with Crippen LogP contribution in [0.3, 0.4) is 0 Å². The number of nitrogens with zero attached hydrogens (tertiary/aromatic N) is 1. The number of hydrogen-bond acceptors (Lipinski definition) is 4. The van der Waals surface area contributed by atoms with Gasteiger partial charge in [-0.3, -0.25) is 4.90 Å². The second-order valence-electron chi connectivity index (χ2n) is 4.31. The summed E-state index contributed by atoms with van der Waals surface area (Å²) in [7, 11) is 1.62. The third-order valence-electron chi connectivity index (χ3n) is 3.43. The second-order valence-corrected chi connectivity index (χ2v) is 4.31. The van der Waals surface area contributed by atoms with Crippen molar-refractivity contribution in [1.82, 2.24) is 4.90 Å². The number of ether oxygens (including phenoxy) is 1. The third-order valence-corrected chi connectivity index (χ3v) is 3.43. The summed E-state index contributed by atoms with van der Waals surface area (Å²) in [6.07, 6.45) is 0.683. The van der Waals surface area contributed by atoms with E-state index in [-0.39, 0.29) is 6.04 Å². The van der Waals surface area contributed by atoms with Crippen molar-refractivity contribution in [1.29, 1.82) is 0 Å². The molecule has 1 aromatic rings. The molecule has 0 amide bonds. The quantitative estimate of drug-likeness (QED) is 0.764. The van der Waals surface area contributed by atoms with Crippen molar-refractivity contribution in [2.45, 2.75) is 25.4 Å². The smallest absolute Gasteiger partial charge is 0.118 e. The highest BCUT2D eigenvalue weighted by atomic mass is 16.5. The van der Waals surface area contributed by atoms with Gasteiger partial charge in [-0.1, -0.05) is 12.1 Å². The number of carbonyl (C=O) groups excluding carboxylic acids is 1. The Labute approximate surface area is 101 Å². The van der Waals surface area contributed by atoms with Crippen LogP contribution in [0.1, 0.15) is 24.9 Å². The number of benzene rings is 1. The van der Waals surface area contributed by atoms with Crippen molar-refractivity contribution < 1.29 is 14.6 Å².